The molecular formula is C12H10ClNO2S. The molecule has 1 aromatic carbocycles. The van der Waals surface area contributed by atoms with Gasteiger partial charge in [0.15, 0.2) is 0 Å². The number of rotatable bonds is 2. The summed E-state index contributed by atoms with van der Waals surface area (Å²) < 4.78 is 5.19. The third kappa shape index (κ3) is 3.11. The van der Waals surface area contributed by atoms with Crippen LogP contribution in [-0.4, -0.2) is 17.0 Å². The topological polar surface area (TPSA) is 38.7 Å². The van der Waals surface area contributed by atoms with Crippen molar-refractivity contribution in [3.8, 4) is 0 Å². The minimum Gasteiger partial charge on any atom is -0.473 e. The molecule has 0 fully saturated rings. The van der Waals surface area contributed by atoms with Gasteiger partial charge in [-0.1, -0.05) is 23.7 Å². The van der Waals surface area contributed by atoms with Crippen LogP contribution in [0.4, 0.5) is 0 Å². The lowest BCUT2D eigenvalue weighted by molar-refractivity contribution is -0.107. The van der Waals surface area contributed by atoms with E-state index in [0.717, 1.165) is 17.3 Å². The quantitative estimate of drug-likeness (QED) is 0.772. The average molecular weight is 268 g/mol. The third-order valence-electron chi connectivity index (χ3n) is 2.04. The fourth-order valence-corrected chi connectivity index (χ4v) is 2.11. The third-order valence-corrected chi connectivity index (χ3v) is 3.07. The number of halogens is 1. The Balaban J connectivity index is 2.22. The summed E-state index contributed by atoms with van der Waals surface area (Å²) in [6.07, 6.45) is 1.72. The molecule has 0 N–H and O–H groups in total. The minimum absolute atomic E-state index is 0.0941. The zero-order chi connectivity index (χ0) is 12.3. The lowest BCUT2D eigenvalue weighted by atomic mass is 10.2. The van der Waals surface area contributed by atoms with Crippen molar-refractivity contribution >= 4 is 39.8 Å². The van der Waals surface area contributed by atoms with E-state index >= 15 is 0 Å². The summed E-state index contributed by atoms with van der Waals surface area (Å²) in [5, 5.41) is 0.985. The fraction of sp³-hybridized carbons (Fsp3) is 0.167. The number of hydrogen-bond donors (Lipinski definition) is 0. The van der Waals surface area contributed by atoms with Crippen LogP contribution in [0.2, 0.25) is 5.02 Å². The maximum Gasteiger partial charge on any atom is 0.259 e. The van der Waals surface area contributed by atoms with Gasteiger partial charge in [-0.15, -0.1) is 0 Å². The van der Waals surface area contributed by atoms with Crippen LogP contribution < -0.4 is 0 Å². The van der Waals surface area contributed by atoms with Gasteiger partial charge in [-0.05, 0) is 30.7 Å². The molecule has 17 heavy (non-hydrogen) atoms. The van der Waals surface area contributed by atoms with Gasteiger partial charge in [-0.25, -0.2) is 4.99 Å². The molecule has 0 amide bonds. The van der Waals surface area contributed by atoms with E-state index in [-0.39, 0.29) is 5.12 Å². The highest BCUT2D eigenvalue weighted by atomic mass is 35.5. The fourth-order valence-electron chi connectivity index (χ4n) is 1.29. The summed E-state index contributed by atoms with van der Waals surface area (Å²) in [5.74, 6) is 0. The molecule has 0 radical (unpaired) electrons. The van der Waals surface area contributed by atoms with Gasteiger partial charge in [-0.3, -0.25) is 4.79 Å². The summed E-state index contributed by atoms with van der Waals surface area (Å²) in [6, 6.07) is 7.21. The second-order valence-electron chi connectivity index (χ2n) is 3.28. The molecule has 0 aromatic heterocycles. The lowest BCUT2D eigenvalue weighted by Crippen LogP contribution is -1.95. The largest absolute Gasteiger partial charge is 0.473 e. The Labute approximate surface area is 109 Å². The van der Waals surface area contributed by atoms with Crippen molar-refractivity contribution < 1.29 is 9.53 Å². The van der Waals surface area contributed by atoms with Crippen molar-refractivity contribution in [3.05, 3.63) is 40.5 Å². The number of carbonyl (C=O) groups is 1. The summed E-state index contributed by atoms with van der Waals surface area (Å²) in [7, 11) is 0. The summed E-state index contributed by atoms with van der Waals surface area (Å²) in [4.78, 5) is 15.7. The molecule has 1 aliphatic heterocycles. The number of carbonyl (C=O) groups excluding carboxylic acids is 1. The van der Waals surface area contributed by atoms with Crippen molar-refractivity contribution in [3.63, 3.8) is 0 Å². The molecule has 0 aliphatic carbocycles. The molecule has 1 aliphatic rings. The number of aliphatic imine (C=N–C) groups is 1. The molecule has 3 nitrogen and oxygen atoms in total. The van der Waals surface area contributed by atoms with Gasteiger partial charge in [0.25, 0.3) is 5.23 Å². The molecule has 1 aromatic rings. The van der Waals surface area contributed by atoms with E-state index < -0.39 is 0 Å². The summed E-state index contributed by atoms with van der Waals surface area (Å²) in [6.45, 7) is 2.36. The predicted octanol–water partition coefficient (Wildman–Crippen LogP) is 3.35. The van der Waals surface area contributed by atoms with E-state index in [4.69, 9.17) is 16.3 Å². The van der Waals surface area contributed by atoms with Crippen LogP contribution in [0.25, 0.3) is 6.08 Å². The Morgan fingerprint density at radius 2 is 2.12 bits per heavy atom. The standard InChI is InChI=1S/C12H10ClNO2S/c1-2-16-12-14-10(11(15)17-12)7-8-3-5-9(13)6-4-8/h3-7H,2H2,1H3/b10-7-. The normalized spacial score (nSPS) is 17.4. The van der Waals surface area contributed by atoms with Gasteiger partial charge >= 0.3 is 0 Å². The Morgan fingerprint density at radius 1 is 1.41 bits per heavy atom. The summed E-state index contributed by atoms with van der Waals surface area (Å²) >= 11 is 6.80. The van der Waals surface area contributed by atoms with Crippen molar-refractivity contribution in [2.75, 3.05) is 6.61 Å². The predicted molar refractivity (Wildman–Crippen MR) is 71.1 cm³/mol. The van der Waals surface area contributed by atoms with Gasteiger partial charge in [0.1, 0.15) is 5.70 Å². The Hall–Kier alpha value is -1.26. The monoisotopic (exact) mass is 267 g/mol. The molecule has 0 saturated carbocycles. The van der Waals surface area contributed by atoms with Crippen molar-refractivity contribution in [1.82, 2.24) is 0 Å². The van der Waals surface area contributed by atoms with E-state index in [2.05, 4.69) is 4.99 Å². The van der Waals surface area contributed by atoms with Gasteiger partial charge in [-0.2, -0.15) is 0 Å². The minimum atomic E-state index is -0.0941. The van der Waals surface area contributed by atoms with Crippen molar-refractivity contribution in [1.29, 1.82) is 0 Å². The molecular weight excluding hydrogens is 258 g/mol. The zero-order valence-corrected chi connectivity index (χ0v) is 10.7. The highest BCUT2D eigenvalue weighted by Crippen LogP contribution is 2.26. The molecule has 0 atom stereocenters. The van der Waals surface area contributed by atoms with Crippen LogP contribution in [0.5, 0.6) is 0 Å². The van der Waals surface area contributed by atoms with Crippen LogP contribution in [0, 0.1) is 0 Å². The van der Waals surface area contributed by atoms with Gasteiger partial charge in [0.05, 0.1) is 6.61 Å². The number of benzene rings is 1. The number of hydrogen-bond acceptors (Lipinski definition) is 4. The smallest absolute Gasteiger partial charge is 0.259 e. The van der Waals surface area contributed by atoms with E-state index in [1.54, 1.807) is 18.2 Å². The number of nitrogens with zero attached hydrogens (tertiary/aromatic N) is 1. The van der Waals surface area contributed by atoms with Gasteiger partial charge in [0.2, 0.25) is 5.12 Å². The van der Waals surface area contributed by atoms with Crippen LogP contribution >= 0.6 is 23.4 Å². The van der Waals surface area contributed by atoms with E-state index in [1.165, 1.54) is 0 Å². The number of thioether (sulfide) groups is 1. The Morgan fingerprint density at radius 3 is 2.76 bits per heavy atom. The molecule has 0 bridgehead atoms. The first-order chi connectivity index (χ1) is 8.19. The van der Waals surface area contributed by atoms with Crippen LogP contribution in [0.1, 0.15) is 12.5 Å². The van der Waals surface area contributed by atoms with Gasteiger partial charge in [0, 0.05) is 16.8 Å². The Kier molecular flexibility index (Phi) is 3.86. The highest BCUT2D eigenvalue weighted by Gasteiger charge is 2.22. The molecule has 1 heterocycles. The number of ether oxygens (including phenoxy) is 1. The molecule has 0 unspecified atom stereocenters. The first-order valence-corrected chi connectivity index (χ1v) is 6.29. The second kappa shape index (κ2) is 5.38. The first-order valence-electron chi connectivity index (χ1n) is 5.10. The van der Waals surface area contributed by atoms with E-state index in [9.17, 15) is 4.79 Å². The van der Waals surface area contributed by atoms with E-state index in [1.807, 2.05) is 19.1 Å². The molecule has 0 saturated heterocycles. The molecule has 0 spiro atoms. The van der Waals surface area contributed by atoms with Crippen molar-refractivity contribution in [2.45, 2.75) is 6.92 Å². The zero-order valence-electron chi connectivity index (χ0n) is 9.14. The van der Waals surface area contributed by atoms with Crippen LogP contribution in [-0.2, 0) is 9.53 Å². The maximum absolute atomic E-state index is 11.6. The summed E-state index contributed by atoms with van der Waals surface area (Å²) in [5.41, 5.74) is 1.29. The second-order valence-corrected chi connectivity index (χ2v) is 4.64. The maximum atomic E-state index is 11.6. The molecule has 2 rings (SSSR count). The highest BCUT2D eigenvalue weighted by molar-refractivity contribution is 8.26. The van der Waals surface area contributed by atoms with Crippen LogP contribution in [0.3, 0.4) is 0 Å². The van der Waals surface area contributed by atoms with Crippen LogP contribution in [0.15, 0.2) is 35.0 Å². The molecule has 88 valence electrons. The van der Waals surface area contributed by atoms with Gasteiger partial charge < -0.3 is 4.74 Å². The first kappa shape index (κ1) is 12.2. The molecule has 5 heteroatoms. The SMILES string of the molecule is CCOC1=N/C(=C\c2ccc(Cl)cc2)C(=O)S1. The van der Waals surface area contributed by atoms with E-state index in [0.29, 0.717) is 22.6 Å². The van der Waals surface area contributed by atoms with Crippen molar-refractivity contribution in [2.24, 2.45) is 4.99 Å². The average Bonchev–Trinajstić information content (AvgIpc) is 2.63. The Bertz CT molecular complexity index is 494. The lowest BCUT2D eigenvalue weighted by Gasteiger charge is -1.95.